The highest BCUT2D eigenvalue weighted by Crippen LogP contribution is 2.40. The fourth-order valence-corrected chi connectivity index (χ4v) is 3.94. The van der Waals surface area contributed by atoms with Gasteiger partial charge in [-0.25, -0.2) is 0 Å². The Bertz CT molecular complexity index is 1010. The summed E-state index contributed by atoms with van der Waals surface area (Å²) in [5.74, 6) is 0.137. The normalized spacial score (nSPS) is 13.0. The zero-order chi connectivity index (χ0) is 25.1. The minimum Gasteiger partial charge on any atom is -0.504 e. The number of anilines is 1. The smallest absolute Gasteiger partial charge is 0.265 e. The monoisotopic (exact) mass is 493 g/mol. The summed E-state index contributed by atoms with van der Waals surface area (Å²) < 4.78 is 6.36. The van der Waals surface area contributed by atoms with E-state index in [1.165, 1.54) is 11.6 Å². The number of hydrogen-bond donors (Lipinski definition) is 2. The number of aromatic hydroxyl groups is 1. The molecule has 0 bridgehead atoms. The van der Waals surface area contributed by atoms with Gasteiger partial charge in [0.2, 0.25) is 0 Å². The van der Waals surface area contributed by atoms with E-state index in [9.17, 15) is 9.90 Å². The lowest BCUT2D eigenvalue weighted by molar-refractivity contribution is -0.122. The average Bonchev–Trinajstić information content (AvgIpc) is 2.79. The van der Waals surface area contributed by atoms with Crippen molar-refractivity contribution in [2.75, 3.05) is 5.32 Å². The third kappa shape index (κ3) is 5.96. The van der Waals surface area contributed by atoms with E-state index >= 15 is 0 Å². The number of hydrogen-bond acceptors (Lipinski definition) is 3. The summed E-state index contributed by atoms with van der Waals surface area (Å²) in [6.07, 6.45) is 1.61. The van der Waals surface area contributed by atoms with E-state index in [4.69, 9.17) is 27.9 Å². The van der Waals surface area contributed by atoms with Crippen LogP contribution in [-0.4, -0.2) is 17.1 Å². The molecule has 182 valence electrons. The molecule has 0 fully saturated rings. The van der Waals surface area contributed by atoms with E-state index < -0.39 is 6.10 Å². The Morgan fingerprint density at radius 3 is 2.21 bits per heavy atom. The van der Waals surface area contributed by atoms with E-state index in [0.29, 0.717) is 22.8 Å². The van der Waals surface area contributed by atoms with Crippen molar-refractivity contribution < 1.29 is 14.6 Å². The first kappa shape index (κ1) is 27.3. The summed E-state index contributed by atoms with van der Waals surface area (Å²) in [4.78, 5) is 13.1. The first-order valence-corrected chi connectivity index (χ1v) is 12.3. The molecule has 2 aromatic rings. The van der Waals surface area contributed by atoms with Gasteiger partial charge in [0.1, 0.15) is 5.75 Å². The Morgan fingerprint density at radius 1 is 1.06 bits per heavy atom. The number of carbonyl (C=O) groups excluding carboxylic acids is 1. The number of benzene rings is 2. The lowest BCUT2D eigenvalue weighted by atomic mass is 9.77. The second kappa shape index (κ2) is 10.6. The van der Waals surface area contributed by atoms with Crippen molar-refractivity contribution in [3.05, 3.63) is 51.0 Å². The van der Waals surface area contributed by atoms with Crippen molar-refractivity contribution in [2.45, 2.75) is 91.6 Å². The summed E-state index contributed by atoms with van der Waals surface area (Å²) in [6, 6.07) is 7.86. The maximum Gasteiger partial charge on any atom is 0.265 e. The van der Waals surface area contributed by atoms with Gasteiger partial charge >= 0.3 is 0 Å². The van der Waals surface area contributed by atoms with Crippen molar-refractivity contribution in [1.29, 1.82) is 0 Å². The molecule has 0 aliphatic heterocycles. The molecule has 6 heteroatoms. The van der Waals surface area contributed by atoms with Gasteiger partial charge in [-0.15, -0.1) is 0 Å². The third-order valence-electron chi connectivity index (χ3n) is 6.87. The van der Waals surface area contributed by atoms with Crippen LogP contribution in [0.2, 0.25) is 10.0 Å². The number of amides is 1. The molecule has 1 atom stereocenters. The zero-order valence-corrected chi connectivity index (χ0v) is 22.5. The van der Waals surface area contributed by atoms with Crippen LogP contribution in [0, 0.1) is 6.92 Å². The maximum absolute atomic E-state index is 13.1. The van der Waals surface area contributed by atoms with Crippen LogP contribution in [0.15, 0.2) is 24.3 Å². The zero-order valence-electron chi connectivity index (χ0n) is 21.0. The second-order valence-corrected chi connectivity index (χ2v) is 10.7. The molecule has 2 aromatic carbocycles. The fraction of sp³-hybridized carbons (Fsp3) is 0.519. The van der Waals surface area contributed by atoms with E-state index in [2.05, 4.69) is 65.1 Å². The van der Waals surface area contributed by atoms with E-state index in [1.807, 2.05) is 6.92 Å². The molecule has 0 saturated carbocycles. The van der Waals surface area contributed by atoms with Crippen LogP contribution < -0.4 is 10.1 Å². The number of carbonyl (C=O) groups is 1. The molecule has 1 unspecified atom stereocenters. The summed E-state index contributed by atoms with van der Waals surface area (Å²) in [6.45, 7) is 16.7. The maximum atomic E-state index is 13.1. The number of halogens is 2. The second-order valence-electron chi connectivity index (χ2n) is 9.88. The highest BCUT2D eigenvalue weighted by molar-refractivity contribution is 6.37. The van der Waals surface area contributed by atoms with Crippen LogP contribution in [0.25, 0.3) is 0 Å². The number of rotatable bonds is 9. The quantitative estimate of drug-likeness (QED) is 0.346. The van der Waals surface area contributed by atoms with Crippen LogP contribution >= 0.6 is 23.2 Å². The van der Waals surface area contributed by atoms with Crippen LogP contribution in [0.3, 0.4) is 0 Å². The highest BCUT2D eigenvalue weighted by Gasteiger charge is 2.29. The van der Waals surface area contributed by atoms with Crippen molar-refractivity contribution in [2.24, 2.45) is 0 Å². The largest absolute Gasteiger partial charge is 0.504 e. The molecule has 0 radical (unpaired) electrons. The molecule has 1 amide bonds. The predicted octanol–water partition coefficient (Wildman–Crippen LogP) is 8.18. The Hall–Kier alpha value is -1.91. The number of phenols is 1. The highest BCUT2D eigenvalue weighted by atomic mass is 35.5. The Kier molecular flexibility index (Phi) is 8.75. The number of phenolic OH excluding ortho intramolecular Hbond substituents is 1. The summed E-state index contributed by atoms with van der Waals surface area (Å²) in [5.41, 5.74) is 2.82. The van der Waals surface area contributed by atoms with Gasteiger partial charge in [-0.1, -0.05) is 83.8 Å². The van der Waals surface area contributed by atoms with Gasteiger partial charge in [-0.05, 0) is 65.8 Å². The molecule has 0 aromatic heterocycles. The third-order valence-corrected chi connectivity index (χ3v) is 7.73. The average molecular weight is 495 g/mol. The van der Waals surface area contributed by atoms with Gasteiger partial charge in [0.25, 0.3) is 5.91 Å². The lowest BCUT2D eigenvalue weighted by Gasteiger charge is -2.31. The van der Waals surface area contributed by atoms with Crippen LogP contribution in [0.5, 0.6) is 11.5 Å². The van der Waals surface area contributed by atoms with Gasteiger partial charge in [0.15, 0.2) is 11.9 Å². The van der Waals surface area contributed by atoms with Gasteiger partial charge in [-0.2, -0.15) is 0 Å². The van der Waals surface area contributed by atoms with Gasteiger partial charge in [0, 0.05) is 5.02 Å². The summed E-state index contributed by atoms with van der Waals surface area (Å²) in [7, 11) is 0. The summed E-state index contributed by atoms with van der Waals surface area (Å²) in [5, 5.41) is 13.6. The molecule has 33 heavy (non-hydrogen) atoms. The minimum atomic E-state index is -0.755. The molecular formula is C27H37Cl2NO3. The Labute approximate surface area is 208 Å². The van der Waals surface area contributed by atoms with Gasteiger partial charge < -0.3 is 15.2 Å². The Balaban J connectivity index is 2.44. The fourth-order valence-electron chi connectivity index (χ4n) is 3.48. The van der Waals surface area contributed by atoms with Crippen molar-refractivity contribution in [3.8, 4) is 11.5 Å². The molecule has 0 saturated heterocycles. The molecule has 0 heterocycles. The van der Waals surface area contributed by atoms with E-state index in [1.54, 1.807) is 6.92 Å². The first-order chi connectivity index (χ1) is 15.3. The molecule has 0 aliphatic carbocycles. The van der Waals surface area contributed by atoms with Crippen molar-refractivity contribution in [3.63, 3.8) is 0 Å². The van der Waals surface area contributed by atoms with E-state index in [0.717, 1.165) is 18.4 Å². The van der Waals surface area contributed by atoms with Crippen LogP contribution in [-0.2, 0) is 15.6 Å². The predicted molar refractivity (Wildman–Crippen MR) is 139 cm³/mol. The topological polar surface area (TPSA) is 58.6 Å². The van der Waals surface area contributed by atoms with Gasteiger partial charge in [-0.3, -0.25) is 4.79 Å². The molecule has 0 aliphatic rings. The van der Waals surface area contributed by atoms with Crippen molar-refractivity contribution in [1.82, 2.24) is 0 Å². The number of ether oxygens (including phenoxy) is 1. The molecule has 2 rings (SSSR count). The molecule has 4 nitrogen and oxygen atoms in total. The Morgan fingerprint density at radius 2 is 1.67 bits per heavy atom. The minimum absolute atomic E-state index is 0.0157. The van der Waals surface area contributed by atoms with Crippen molar-refractivity contribution >= 4 is 34.8 Å². The summed E-state index contributed by atoms with van der Waals surface area (Å²) >= 11 is 12.4. The van der Waals surface area contributed by atoms with Crippen LogP contribution in [0.1, 0.15) is 84.4 Å². The lowest BCUT2D eigenvalue weighted by Crippen LogP contribution is -2.33. The van der Waals surface area contributed by atoms with Crippen LogP contribution in [0.4, 0.5) is 5.69 Å². The molecule has 2 N–H and O–H groups in total. The van der Waals surface area contributed by atoms with Gasteiger partial charge in [0.05, 0.1) is 10.7 Å². The first-order valence-electron chi connectivity index (χ1n) is 11.6. The molecular weight excluding hydrogens is 457 g/mol. The number of nitrogens with one attached hydrogen (secondary N) is 1. The van der Waals surface area contributed by atoms with E-state index in [-0.39, 0.29) is 33.2 Å². The molecule has 0 spiro atoms. The SMILES string of the molecule is CCC(Oc1cc(C(C)(C)CC)ccc1C(C)(C)CC)C(=O)Nc1cc(Cl)c(C)c(Cl)c1O. The standard InChI is InChI=1S/C27H37Cl2NO3/c1-9-21(25(32)30-20-15-19(28)16(4)23(29)24(20)31)33-22-14-17(26(5,6)10-2)12-13-18(22)27(7,8)11-3/h12-15,21,31H,9-11H2,1-8H3,(H,30,32).